The van der Waals surface area contributed by atoms with Crippen molar-refractivity contribution in [2.24, 2.45) is 0 Å². The number of nitrogens with zero attached hydrogens (tertiary/aromatic N) is 1. The lowest BCUT2D eigenvalue weighted by Gasteiger charge is -2.07. The second-order valence-corrected chi connectivity index (χ2v) is 3.82. The minimum absolute atomic E-state index is 0.00157. The molecular formula is C13H12N2O3. The zero-order valence-corrected chi connectivity index (χ0v) is 9.71. The van der Waals surface area contributed by atoms with Crippen molar-refractivity contribution in [3.63, 3.8) is 0 Å². The van der Waals surface area contributed by atoms with Gasteiger partial charge < -0.3 is 15.5 Å². The number of carbonyl (C=O) groups excluding carboxylic acids is 1. The molecule has 0 unspecified atom stereocenters. The van der Waals surface area contributed by atoms with Crippen LogP contribution in [0, 0.1) is 6.92 Å². The second kappa shape index (κ2) is 4.75. The summed E-state index contributed by atoms with van der Waals surface area (Å²) in [7, 11) is 0. The summed E-state index contributed by atoms with van der Waals surface area (Å²) >= 11 is 0. The van der Waals surface area contributed by atoms with Crippen LogP contribution in [0.5, 0.6) is 11.5 Å². The average molecular weight is 244 g/mol. The Morgan fingerprint density at radius 2 is 2.00 bits per heavy atom. The molecule has 5 nitrogen and oxygen atoms in total. The molecule has 0 radical (unpaired) electrons. The largest absolute Gasteiger partial charge is 0.508 e. The number of phenols is 2. The lowest BCUT2D eigenvalue weighted by molar-refractivity contribution is 0.102. The van der Waals surface area contributed by atoms with Gasteiger partial charge in [-0.2, -0.15) is 0 Å². The van der Waals surface area contributed by atoms with Crippen LogP contribution in [0.2, 0.25) is 0 Å². The zero-order valence-electron chi connectivity index (χ0n) is 9.71. The van der Waals surface area contributed by atoms with E-state index in [9.17, 15) is 15.0 Å². The molecule has 2 rings (SSSR count). The van der Waals surface area contributed by atoms with Crippen molar-refractivity contribution in [2.75, 3.05) is 5.32 Å². The number of aromatic hydroxyl groups is 2. The van der Waals surface area contributed by atoms with E-state index in [2.05, 4.69) is 10.3 Å². The van der Waals surface area contributed by atoms with E-state index in [1.165, 1.54) is 18.2 Å². The molecule has 0 saturated heterocycles. The molecule has 1 aromatic heterocycles. The number of pyridine rings is 1. The van der Waals surface area contributed by atoms with Crippen LogP contribution < -0.4 is 5.32 Å². The van der Waals surface area contributed by atoms with Crippen molar-refractivity contribution in [1.82, 2.24) is 4.98 Å². The first-order valence-electron chi connectivity index (χ1n) is 5.33. The molecule has 3 N–H and O–H groups in total. The number of hydrogen-bond donors (Lipinski definition) is 3. The van der Waals surface area contributed by atoms with Gasteiger partial charge >= 0.3 is 0 Å². The van der Waals surface area contributed by atoms with Crippen LogP contribution in [0.1, 0.15) is 16.1 Å². The fourth-order valence-electron chi connectivity index (χ4n) is 1.50. The highest BCUT2D eigenvalue weighted by molar-refractivity contribution is 6.05. The highest BCUT2D eigenvalue weighted by atomic mass is 16.3. The van der Waals surface area contributed by atoms with Gasteiger partial charge in [-0.3, -0.25) is 4.79 Å². The maximum atomic E-state index is 11.9. The second-order valence-electron chi connectivity index (χ2n) is 3.82. The van der Waals surface area contributed by atoms with Gasteiger partial charge in [-0.15, -0.1) is 0 Å². The first kappa shape index (κ1) is 11.9. The number of benzene rings is 1. The standard InChI is InChI=1S/C13H12N2O3/c1-8-3-2-4-12(14-8)15-13(18)10-7-9(16)5-6-11(10)17/h2-7,16-17H,1H3,(H,14,15,18). The molecule has 18 heavy (non-hydrogen) atoms. The van der Waals surface area contributed by atoms with Gasteiger partial charge in [0.25, 0.3) is 5.91 Å². The molecule has 1 heterocycles. The summed E-state index contributed by atoms with van der Waals surface area (Å²) in [5.74, 6) is -0.419. The summed E-state index contributed by atoms with van der Waals surface area (Å²) in [6, 6.07) is 8.97. The fraction of sp³-hybridized carbons (Fsp3) is 0.0769. The predicted molar refractivity (Wildman–Crippen MR) is 66.7 cm³/mol. The third-order valence-corrected chi connectivity index (χ3v) is 2.35. The van der Waals surface area contributed by atoms with E-state index >= 15 is 0 Å². The highest BCUT2D eigenvalue weighted by Gasteiger charge is 2.12. The molecule has 0 bridgehead atoms. The topological polar surface area (TPSA) is 82.5 Å². The van der Waals surface area contributed by atoms with E-state index in [4.69, 9.17) is 0 Å². The van der Waals surface area contributed by atoms with Crippen molar-refractivity contribution in [2.45, 2.75) is 6.92 Å². The predicted octanol–water partition coefficient (Wildman–Crippen LogP) is 2.05. The summed E-state index contributed by atoms with van der Waals surface area (Å²) < 4.78 is 0. The number of anilines is 1. The van der Waals surface area contributed by atoms with Gasteiger partial charge in [0.1, 0.15) is 17.3 Å². The number of carbonyl (C=O) groups is 1. The lowest BCUT2D eigenvalue weighted by atomic mass is 10.2. The van der Waals surface area contributed by atoms with Gasteiger partial charge in [-0.05, 0) is 37.3 Å². The molecule has 1 aromatic carbocycles. The normalized spacial score (nSPS) is 10.1. The Labute approximate surface area is 104 Å². The molecule has 0 saturated carbocycles. The maximum Gasteiger partial charge on any atom is 0.260 e. The fourth-order valence-corrected chi connectivity index (χ4v) is 1.50. The first-order chi connectivity index (χ1) is 8.56. The summed E-state index contributed by atoms with van der Waals surface area (Å²) in [5, 5.41) is 21.4. The van der Waals surface area contributed by atoms with E-state index < -0.39 is 5.91 Å². The third kappa shape index (κ3) is 2.57. The van der Waals surface area contributed by atoms with Gasteiger partial charge in [-0.1, -0.05) is 6.07 Å². The quantitative estimate of drug-likeness (QED) is 0.706. The Kier molecular flexibility index (Phi) is 3.14. The minimum Gasteiger partial charge on any atom is -0.508 e. The van der Waals surface area contributed by atoms with E-state index in [1.807, 2.05) is 13.0 Å². The van der Waals surface area contributed by atoms with E-state index in [0.29, 0.717) is 5.82 Å². The number of hydrogen-bond acceptors (Lipinski definition) is 4. The summed E-state index contributed by atoms with van der Waals surface area (Å²) in [6.45, 7) is 1.81. The number of nitrogens with one attached hydrogen (secondary N) is 1. The van der Waals surface area contributed by atoms with Crippen LogP contribution in [-0.4, -0.2) is 21.1 Å². The maximum absolute atomic E-state index is 11.9. The number of rotatable bonds is 2. The van der Waals surface area contributed by atoms with Crippen molar-refractivity contribution in [3.8, 4) is 11.5 Å². The summed E-state index contributed by atoms with van der Waals surface area (Å²) in [5.41, 5.74) is 0.770. The number of aryl methyl sites for hydroxylation is 1. The van der Waals surface area contributed by atoms with Gasteiger partial charge in [-0.25, -0.2) is 4.98 Å². The Hall–Kier alpha value is -2.56. The molecule has 5 heteroatoms. The van der Waals surface area contributed by atoms with Gasteiger partial charge in [0.2, 0.25) is 0 Å². The van der Waals surface area contributed by atoms with Crippen molar-refractivity contribution in [3.05, 3.63) is 47.7 Å². The van der Waals surface area contributed by atoms with Crippen LogP contribution in [0.3, 0.4) is 0 Å². The third-order valence-electron chi connectivity index (χ3n) is 2.35. The minimum atomic E-state index is -0.526. The number of phenolic OH excluding ortho intramolecular Hbond substituents is 2. The SMILES string of the molecule is Cc1cccc(NC(=O)c2cc(O)ccc2O)n1. The highest BCUT2D eigenvalue weighted by Crippen LogP contribution is 2.22. The summed E-state index contributed by atoms with van der Waals surface area (Å²) in [4.78, 5) is 16.0. The molecule has 0 aliphatic rings. The monoisotopic (exact) mass is 244 g/mol. The molecule has 2 aromatic rings. The Balaban J connectivity index is 2.24. The van der Waals surface area contributed by atoms with Crippen LogP contribution in [0.15, 0.2) is 36.4 Å². The molecule has 0 fully saturated rings. The number of aromatic nitrogens is 1. The lowest BCUT2D eigenvalue weighted by Crippen LogP contribution is -2.13. The van der Waals surface area contributed by atoms with Crippen molar-refractivity contribution < 1.29 is 15.0 Å². The van der Waals surface area contributed by atoms with Crippen molar-refractivity contribution >= 4 is 11.7 Å². The molecular weight excluding hydrogens is 232 g/mol. The zero-order chi connectivity index (χ0) is 13.1. The van der Waals surface area contributed by atoms with Crippen molar-refractivity contribution in [1.29, 1.82) is 0 Å². The first-order valence-corrected chi connectivity index (χ1v) is 5.33. The van der Waals surface area contributed by atoms with Crippen LogP contribution in [0.25, 0.3) is 0 Å². The Morgan fingerprint density at radius 1 is 1.22 bits per heavy atom. The van der Waals surface area contributed by atoms with E-state index in [-0.39, 0.29) is 17.1 Å². The molecule has 1 amide bonds. The van der Waals surface area contributed by atoms with Gasteiger partial charge in [0, 0.05) is 5.69 Å². The van der Waals surface area contributed by atoms with Crippen LogP contribution in [-0.2, 0) is 0 Å². The number of amides is 1. The van der Waals surface area contributed by atoms with E-state index in [0.717, 1.165) is 5.69 Å². The molecule has 0 aliphatic heterocycles. The molecule has 0 atom stereocenters. The van der Waals surface area contributed by atoms with Crippen LogP contribution in [0.4, 0.5) is 5.82 Å². The van der Waals surface area contributed by atoms with Gasteiger partial charge in [0.15, 0.2) is 0 Å². The molecule has 92 valence electrons. The Bertz CT molecular complexity index is 597. The average Bonchev–Trinajstić information content (AvgIpc) is 2.32. The van der Waals surface area contributed by atoms with Crippen LogP contribution >= 0.6 is 0 Å². The summed E-state index contributed by atoms with van der Waals surface area (Å²) in [6.07, 6.45) is 0. The molecule has 0 spiro atoms. The van der Waals surface area contributed by atoms with Gasteiger partial charge in [0.05, 0.1) is 5.56 Å². The smallest absolute Gasteiger partial charge is 0.260 e. The van der Waals surface area contributed by atoms with E-state index in [1.54, 1.807) is 12.1 Å². The Morgan fingerprint density at radius 3 is 2.72 bits per heavy atom. The molecule has 0 aliphatic carbocycles.